The molecule has 0 saturated heterocycles. The second-order valence-corrected chi connectivity index (χ2v) is 6.49. The van der Waals surface area contributed by atoms with Crippen molar-refractivity contribution >= 4 is 34.4 Å². The Kier molecular flexibility index (Phi) is 3.20. The van der Waals surface area contributed by atoms with E-state index >= 15 is 0 Å². The van der Waals surface area contributed by atoms with Crippen LogP contribution in [0.15, 0.2) is 18.2 Å². The van der Waals surface area contributed by atoms with Crippen LogP contribution >= 0.6 is 23.4 Å². The van der Waals surface area contributed by atoms with Crippen LogP contribution < -0.4 is 0 Å². The third-order valence-corrected chi connectivity index (χ3v) is 5.41. The number of imidazole rings is 1. The van der Waals surface area contributed by atoms with E-state index in [1.807, 2.05) is 23.9 Å². The van der Waals surface area contributed by atoms with Gasteiger partial charge in [0.25, 0.3) is 0 Å². The fraction of sp³-hybridized carbons (Fsp3) is 0.429. The van der Waals surface area contributed by atoms with E-state index in [9.17, 15) is 0 Å². The Morgan fingerprint density at radius 2 is 2.32 bits per heavy atom. The first-order valence-corrected chi connectivity index (χ1v) is 7.98. The van der Waals surface area contributed by atoms with Gasteiger partial charge in [-0.05, 0) is 37.3 Å². The number of nitriles is 1. The summed E-state index contributed by atoms with van der Waals surface area (Å²) < 4.78 is 2.53. The van der Waals surface area contributed by atoms with Gasteiger partial charge in [-0.3, -0.25) is 0 Å². The quantitative estimate of drug-likeness (QED) is 0.809. The van der Waals surface area contributed by atoms with E-state index < -0.39 is 0 Å². The molecule has 0 aliphatic heterocycles. The summed E-state index contributed by atoms with van der Waals surface area (Å²) in [7, 11) is 0. The molecule has 98 valence electrons. The smallest absolute Gasteiger partial charge is 0.124 e. The molecule has 1 heterocycles. The minimum absolute atomic E-state index is 0.344. The first-order chi connectivity index (χ1) is 9.21. The summed E-state index contributed by atoms with van der Waals surface area (Å²) in [6.07, 6.45) is 4.65. The summed E-state index contributed by atoms with van der Waals surface area (Å²) in [5, 5.41) is 9.03. The highest BCUT2D eigenvalue weighted by Crippen LogP contribution is 2.49. The van der Waals surface area contributed by atoms with Crippen molar-refractivity contribution in [2.45, 2.75) is 30.0 Å². The van der Waals surface area contributed by atoms with Gasteiger partial charge in [0.1, 0.15) is 5.82 Å². The van der Waals surface area contributed by atoms with E-state index in [0.717, 1.165) is 23.4 Å². The molecular weight excluding hydrogens is 278 g/mol. The summed E-state index contributed by atoms with van der Waals surface area (Å²) in [5.41, 5.74) is 2.62. The minimum atomic E-state index is 0.344. The van der Waals surface area contributed by atoms with Crippen molar-refractivity contribution in [3.63, 3.8) is 0 Å². The van der Waals surface area contributed by atoms with Gasteiger partial charge in [-0.25, -0.2) is 4.98 Å². The van der Waals surface area contributed by atoms with E-state index in [-0.39, 0.29) is 0 Å². The highest BCUT2D eigenvalue weighted by Gasteiger charge is 2.42. The van der Waals surface area contributed by atoms with Crippen LogP contribution in [0.1, 0.15) is 24.2 Å². The molecule has 5 heteroatoms. The summed E-state index contributed by atoms with van der Waals surface area (Å²) in [6.45, 7) is 0.932. The Hall–Kier alpha value is -1.18. The molecule has 3 nitrogen and oxygen atoms in total. The summed E-state index contributed by atoms with van der Waals surface area (Å²) in [5.74, 6) is 1.30. The van der Waals surface area contributed by atoms with Crippen molar-refractivity contribution in [2.75, 3.05) is 6.26 Å². The van der Waals surface area contributed by atoms with Gasteiger partial charge in [0.2, 0.25) is 0 Å². The van der Waals surface area contributed by atoms with Gasteiger partial charge in [-0.15, -0.1) is 11.6 Å². The molecule has 0 unspecified atom stereocenters. The molecule has 1 aliphatic rings. The number of hydrogen-bond acceptors (Lipinski definition) is 3. The lowest BCUT2D eigenvalue weighted by molar-refractivity contribution is 0.655. The van der Waals surface area contributed by atoms with Crippen LogP contribution in [0.4, 0.5) is 0 Å². The van der Waals surface area contributed by atoms with E-state index in [1.165, 1.54) is 12.8 Å². The predicted octanol–water partition coefficient (Wildman–Crippen LogP) is 3.54. The Balaban J connectivity index is 2.11. The SMILES string of the molecule is CSC1(Cn2c(CCl)nc3ccc(C#N)cc32)CC1. The molecule has 19 heavy (non-hydrogen) atoms. The average molecular weight is 292 g/mol. The van der Waals surface area contributed by atoms with Crippen molar-refractivity contribution in [1.29, 1.82) is 5.26 Å². The maximum absolute atomic E-state index is 9.03. The average Bonchev–Trinajstić information content (AvgIpc) is 3.15. The van der Waals surface area contributed by atoms with Crippen LogP contribution in [0.3, 0.4) is 0 Å². The molecule has 0 radical (unpaired) electrons. The number of nitrogens with zero attached hydrogens (tertiary/aromatic N) is 3. The van der Waals surface area contributed by atoms with Gasteiger partial charge < -0.3 is 4.57 Å². The number of alkyl halides is 1. The first-order valence-electron chi connectivity index (χ1n) is 6.22. The molecule has 0 amide bonds. The Morgan fingerprint density at radius 3 is 2.89 bits per heavy atom. The van der Waals surface area contributed by atoms with Crippen LogP contribution in [-0.2, 0) is 12.4 Å². The lowest BCUT2D eigenvalue weighted by atomic mass is 10.2. The number of fused-ring (bicyclic) bond motifs is 1. The van der Waals surface area contributed by atoms with Crippen LogP contribution in [0.5, 0.6) is 0 Å². The monoisotopic (exact) mass is 291 g/mol. The van der Waals surface area contributed by atoms with Gasteiger partial charge in [0.05, 0.1) is 28.5 Å². The van der Waals surface area contributed by atoms with Crippen molar-refractivity contribution < 1.29 is 0 Å². The zero-order valence-electron chi connectivity index (χ0n) is 10.7. The van der Waals surface area contributed by atoms with Gasteiger partial charge in [-0.1, -0.05) is 0 Å². The van der Waals surface area contributed by atoms with Crippen molar-refractivity contribution in [1.82, 2.24) is 9.55 Å². The normalized spacial score (nSPS) is 16.5. The van der Waals surface area contributed by atoms with Crippen molar-refractivity contribution in [3.8, 4) is 6.07 Å². The van der Waals surface area contributed by atoms with Crippen LogP contribution in [0.25, 0.3) is 11.0 Å². The van der Waals surface area contributed by atoms with E-state index in [4.69, 9.17) is 16.9 Å². The third kappa shape index (κ3) is 2.22. The molecule has 1 aliphatic carbocycles. The molecule has 1 aromatic heterocycles. The Labute approximate surface area is 121 Å². The maximum Gasteiger partial charge on any atom is 0.124 e. The maximum atomic E-state index is 9.03. The number of hydrogen-bond donors (Lipinski definition) is 0. The minimum Gasteiger partial charge on any atom is -0.326 e. The zero-order valence-corrected chi connectivity index (χ0v) is 12.3. The van der Waals surface area contributed by atoms with E-state index in [2.05, 4.69) is 21.9 Å². The topological polar surface area (TPSA) is 41.6 Å². The van der Waals surface area contributed by atoms with Crippen LogP contribution in [0.2, 0.25) is 0 Å². The third-order valence-electron chi connectivity index (χ3n) is 3.76. The molecule has 0 bridgehead atoms. The summed E-state index contributed by atoms with van der Waals surface area (Å²) >= 11 is 7.93. The number of aromatic nitrogens is 2. The largest absolute Gasteiger partial charge is 0.326 e. The highest BCUT2D eigenvalue weighted by molar-refractivity contribution is 8.00. The van der Waals surface area contributed by atoms with Crippen LogP contribution in [0, 0.1) is 11.3 Å². The first kappa shape index (κ1) is 12.8. The zero-order chi connectivity index (χ0) is 13.5. The van der Waals surface area contributed by atoms with Gasteiger partial charge >= 0.3 is 0 Å². The van der Waals surface area contributed by atoms with Gasteiger partial charge in [0.15, 0.2) is 0 Å². The van der Waals surface area contributed by atoms with Gasteiger partial charge in [0, 0.05) is 11.3 Å². The molecule has 0 spiro atoms. The molecule has 1 aromatic carbocycles. The summed E-state index contributed by atoms with van der Waals surface area (Å²) in [4.78, 5) is 4.57. The number of benzene rings is 1. The summed E-state index contributed by atoms with van der Waals surface area (Å²) in [6, 6.07) is 7.80. The van der Waals surface area contributed by atoms with E-state index in [1.54, 1.807) is 6.07 Å². The Bertz CT molecular complexity index is 667. The standard InChI is InChI=1S/C14H14ClN3S/c1-19-14(4-5-14)9-18-12-6-10(8-16)2-3-11(12)17-13(18)7-15/h2-3,6H,4-5,7,9H2,1H3. The second kappa shape index (κ2) is 4.73. The fourth-order valence-corrected chi connectivity index (χ4v) is 3.35. The molecular formula is C14H14ClN3S. The highest BCUT2D eigenvalue weighted by atomic mass is 35.5. The predicted molar refractivity (Wildman–Crippen MR) is 79.5 cm³/mol. The van der Waals surface area contributed by atoms with Crippen LogP contribution in [-0.4, -0.2) is 20.6 Å². The van der Waals surface area contributed by atoms with Gasteiger partial charge in [-0.2, -0.15) is 17.0 Å². The second-order valence-electron chi connectivity index (χ2n) is 4.95. The number of rotatable bonds is 4. The number of thioether (sulfide) groups is 1. The lowest BCUT2D eigenvalue weighted by Gasteiger charge is -2.15. The van der Waals surface area contributed by atoms with E-state index in [0.29, 0.717) is 16.2 Å². The molecule has 3 rings (SSSR count). The fourth-order valence-electron chi connectivity index (χ4n) is 2.37. The van der Waals surface area contributed by atoms with Crippen molar-refractivity contribution in [2.24, 2.45) is 0 Å². The lowest BCUT2D eigenvalue weighted by Crippen LogP contribution is -2.15. The molecule has 0 N–H and O–H groups in total. The molecule has 2 aromatic rings. The molecule has 1 saturated carbocycles. The number of halogens is 1. The molecule has 0 atom stereocenters. The molecule has 1 fully saturated rings. The van der Waals surface area contributed by atoms with Crippen molar-refractivity contribution in [3.05, 3.63) is 29.6 Å². The Morgan fingerprint density at radius 1 is 1.53 bits per heavy atom.